The highest BCUT2D eigenvalue weighted by atomic mass is 14.1. The van der Waals surface area contributed by atoms with Crippen LogP contribution in [0.15, 0.2) is 24.3 Å². The Hall–Kier alpha value is -0.715. The van der Waals surface area contributed by atoms with Crippen LogP contribution in [-0.4, -0.2) is 7.85 Å². The van der Waals surface area contributed by atoms with Crippen molar-refractivity contribution in [2.24, 2.45) is 0 Å². The van der Waals surface area contributed by atoms with Crippen LogP contribution in [0, 0.1) is 6.92 Å². The Labute approximate surface area is 70.0 Å². The average Bonchev–Trinajstić information content (AvgIpc) is 1.86. The summed E-state index contributed by atoms with van der Waals surface area (Å²) < 4.78 is 0. The van der Waals surface area contributed by atoms with Gasteiger partial charge in [-0.2, -0.15) is 0 Å². The molecule has 1 aromatic carbocycles. The van der Waals surface area contributed by atoms with Gasteiger partial charge in [0.05, 0.1) is 0 Å². The molecule has 0 amide bonds. The van der Waals surface area contributed by atoms with E-state index in [0.717, 1.165) is 0 Å². The van der Waals surface area contributed by atoms with E-state index in [9.17, 15) is 0 Å². The van der Waals surface area contributed by atoms with E-state index in [1.165, 1.54) is 11.1 Å². The van der Waals surface area contributed by atoms with Crippen molar-refractivity contribution in [3.8, 4) is 0 Å². The van der Waals surface area contributed by atoms with Crippen LogP contribution in [0.2, 0.25) is 0 Å². The number of hydrogen-bond acceptors (Lipinski definition) is 0. The third kappa shape index (κ3) is 2.11. The van der Waals surface area contributed by atoms with Gasteiger partial charge in [-0.1, -0.05) is 49.2 Å². The second-order valence-corrected chi connectivity index (χ2v) is 4.12. The summed E-state index contributed by atoms with van der Waals surface area (Å²) in [5, 5.41) is 0.285. The molecule has 1 rings (SSSR count). The molecule has 0 saturated heterocycles. The van der Waals surface area contributed by atoms with Gasteiger partial charge in [0.2, 0.25) is 0 Å². The van der Waals surface area contributed by atoms with Gasteiger partial charge in [0, 0.05) is 0 Å². The maximum Gasteiger partial charge on any atom is 0.114 e. The van der Waals surface area contributed by atoms with Crippen molar-refractivity contribution in [2.45, 2.75) is 26.1 Å². The van der Waals surface area contributed by atoms with Crippen molar-refractivity contribution >= 4 is 7.85 Å². The predicted molar refractivity (Wildman–Crippen MR) is 52.7 cm³/mol. The predicted octanol–water partition coefficient (Wildman–Crippen LogP) is 1.86. The van der Waals surface area contributed by atoms with E-state index in [1.807, 2.05) is 0 Å². The molecule has 0 atom stereocenters. The number of benzene rings is 1. The molecule has 0 aliphatic rings. The van der Waals surface area contributed by atoms with Gasteiger partial charge in [-0.3, -0.25) is 0 Å². The number of rotatable bonds is 1. The lowest BCUT2D eigenvalue weighted by molar-refractivity contribution is 0.764. The topological polar surface area (TPSA) is 0 Å². The third-order valence-electron chi connectivity index (χ3n) is 1.92. The second-order valence-electron chi connectivity index (χ2n) is 4.12. The van der Waals surface area contributed by atoms with Gasteiger partial charge in [0.15, 0.2) is 0 Å². The average molecular weight is 146 g/mol. The van der Waals surface area contributed by atoms with E-state index in [0.29, 0.717) is 0 Å². The molecule has 11 heavy (non-hydrogen) atoms. The van der Waals surface area contributed by atoms with Gasteiger partial charge >= 0.3 is 0 Å². The number of aryl methyl sites for hydroxylation is 1. The van der Waals surface area contributed by atoms with Crippen LogP contribution < -0.4 is 0 Å². The molecule has 0 fully saturated rings. The molecule has 0 saturated carbocycles. The van der Waals surface area contributed by atoms with Crippen LogP contribution in [-0.2, 0) is 5.31 Å². The van der Waals surface area contributed by atoms with E-state index < -0.39 is 0 Å². The van der Waals surface area contributed by atoms with E-state index in [4.69, 9.17) is 0 Å². The maximum atomic E-state index is 2.23. The molecule has 0 spiro atoms. The minimum atomic E-state index is 0.285. The highest BCUT2D eigenvalue weighted by molar-refractivity contribution is 6.15. The van der Waals surface area contributed by atoms with E-state index in [2.05, 4.69) is 52.9 Å². The van der Waals surface area contributed by atoms with Gasteiger partial charge in [0.1, 0.15) is 7.85 Å². The van der Waals surface area contributed by atoms with Crippen molar-refractivity contribution in [3.63, 3.8) is 0 Å². The summed E-state index contributed by atoms with van der Waals surface area (Å²) in [6, 6.07) is 8.74. The van der Waals surface area contributed by atoms with E-state index >= 15 is 0 Å². The van der Waals surface area contributed by atoms with Crippen molar-refractivity contribution < 1.29 is 0 Å². The first kappa shape index (κ1) is 8.38. The number of hydrogen-bond donors (Lipinski definition) is 0. The van der Waals surface area contributed by atoms with Gasteiger partial charge in [-0.25, -0.2) is 0 Å². The van der Waals surface area contributed by atoms with E-state index in [-0.39, 0.29) is 5.31 Å². The lowest BCUT2D eigenvalue weighted by Crippen LogP contribution is -2.16. The van der Waals surface area contributed by atoms with Crippen molar-refractivity contribution in [1.82, 2.24) is 0 Å². The minimum Gasteiger partial charge on any atom is -0.0632 e. The van der Waals surface area contributed by atoms with E-state index in [1.54, 1.807) is 0 Å². The molecule has 1 aromatic rings. The quantitative estimate of drug-likeness (QED) is 0.530. The summed E-state index contributed by atoms with van der Waals surface area (Å²) in [7, 11) is 2.23. The van der Waals surface area contributed by atoms with Crippen molar-refractivity contribution in [2.75, 3.05) is 0 Å². The normalized spacial score (nSPS) is 11.5. The Morgan fingerprint density at radius 2 is 1.55 bits per heavy atom. The fourth-order valence-electron chi connectivity index (χ4n) is 1.05. The van der Waals surface area contributed by atoms with Crippen LogP contribution in [0.1, 0.15) is 25.0 Å². The summed E-state index contributed by atoms with van der Waals surface area (Å²) in [5.41, 5.74) is 2.74. The van der Waals surface area contributed by atoms with Crippen LogP contribution in [0.4, 0.5) is 0 Å². The van der Waals surface area contributed by atoms with Gasteiger partial charge in [0.25, 0.3) is 0 Å². The summed E-state index contributed by atoms with van der Waals surface area (Å²) in [4.78, 5) is 0. The molecule has 0 aromatic heterocycles. The largest absolute Gasteiger partial charge is 0.114 e. The molecule has 0 radical (unpaired) electrons. The van der Waals surface area contributed by atoms with Gasteiger partial charge in [-0.05, 0) is 12.2 Å². The Kier molecular flexibility index (Phi) is 2.08. The maximum absolute atomic E-state index is 2.23. The van der Waals surface area contributed by atoms with Crippen LogP contribution in [0.5, 0.6) is 0 Å². The first-order valence-electron chi connectivity index (χ1n) is 4.07. The molecule has 0 aliphatic heterocycles. The van der Waals surface area contributed by atoms with Gasteiger partial charge in [-0.15, -0.1) is 0 Å². The zero-order chi connectivity index (χ0) is 8.48. The molecular weight excluding hydrogens is 131 g/mol. The van der Waals surface area contributed by atoms with Crippen LogP contribution in [0.25, 0.3) is 0 Å². The SMILES string of the molecule is BC(C)(C)c1ccc(C)cc1. The zero-order valence-corrected chi connectivity index (χ0v) is 7.81. The first-order valence-corrected chi connectivity index (χ1v) is 4.07. The van der Waals surface area contributed by atoms with Gasteiger partial charge < -0.3 is 0 Å². The lowest BCUT2D eigenvalue weighted by atomic mass is 9.67. The fourth-order valence-corrected chi connectivity index (χ4v) is 1.05. The molecule has 1 heteroatoms. The first-order chi connectivity index (χ1) is 5.00. The molecular formula is C10H15B. The van der Waals surface area contributed by atoms with Crippen molar-refractivity contribution in [1.29, 1.82) is 0 Å². The molecule has 58 valence electrons. The molecule has 0 bridgehead atoms. The van der Waals surface area contributed by atoms with Crippen LogP contribution >= 0.6 is 0 Å². The highest BCUT2D eigenvalue weighted by Gasteiger charge is 2.12. The smallest absolute Gasteiger partial charge is 0.0632 e. The molecule has 0 heterocycles. The molecule has 0 N–H and O–H groups in total. The molecule has 0 unspecified atom stereocenters. The monoisotopic (exact) mass is 146 g/mol. The van der Waals surface area contributed by atoms with Crippen molar-refractivity contribution in [3.05, 3.63) is 35.4 Å². The summed E-state index contributed by atoms with van der Waals surface area (Å²) in [6.45, 7) is 6.59. The Balaban J connectivity index is 2.99. The molecule has 0 nitrogen and oxygen atoms in total. The second kappa shape index (κ2) is 2.73. The lowest BCUT2D eigenvalue weighted by Gasteiger charge is -2.18. The fraction of sp³-hybridized carbons (Fsp3) is 0.400. The Morgan fingerprint density at radius 3 is 1.91 bits per heavy atom. The Morgan fingerprint density at radius 1 is 1.09 bits per heavy atom. The molecule has 0 aliphatic carbocycles. The summed E-state index contributed by atoms with van der Waals surface area (Å²) in [5.74, 6) is 0. The summed E-state index contributed by atoms with van der Waals surface area (Å²) in [6.07, 6.45) is 0. The zero-order valence-electron chi connectivity index (χ0n) is 7.81. The minimum absolute atomic E-state index is 0.285. The van der Waals surface area contributed by atoms with Crippen LogP contribution in [0.3, 0.4) is 0 Å². The third-order valence-corrected chi connectivity index (χ3v) is 1.92. The highest BCUT2D eigenvalue weighted by Crippen LogP contribution is 2.18. The Bertz CT molecular complexity index is 228. The summed E-state index contributed by atoms with van der Waals surface area (Å²) >= 11 is 0. The standard InChI is InChI=1S/C10H15B/c1-8-4-6-9(7-5-8)10(2,3)11/h4-7H,11H2,1-3H3.